The molecule has 100 valence electrons. The highest BCUT2D eigenvalue weighted by molar-refractivity contribution is 5.31. The molecule has 0 fully saturated rings. The number of hydrogen-bond acceptors (Lipinski definition) is 2. The van der Waals surface area contributed by atoms with E-state index in [9.17, 15) is 0 Å². The summed E-state index contributed by atoms with van der Waals surface area (Å²) >= 11 is 0. The molecule has 0 bridgehead atoms. The molecule has 1 aliphatic carbocycles. The summed E-state index contributed by atoms with van der Waals surface area (Å²) in [5.41, 5.74) is 2.90. The molecule has 2 rings (SSSR count). The summed E-state index contributed by atoms with van der Waals surface area (Å²) in [6.07, 6.45) is 5.05. The normalized spacial score (nSPS) is 20.4. The van der Waals surface area contributed by atoms with Gasteiger partial charge >= 0.3 is 0 Å². The summed E-state index contributed by atoms with van der Waals surface area (Å²) in [4.78, 5) is 0. The summed E-state index contributed by atoms with van der Waals surface area (Å²) in [7, 11) is 0. The van der Waals surface area contributed by atoms with Crippen LogP contribution in [-0.4, -0.2) is 19.2 Å². The molecule has 1 aromatic carbocycles. The first-order chi connectivity index (χ1) is 8.81. The molecule has 0 saturated heterocycles. The largest absolute Gasteiger partial charge is 0.373 e. The third-order valence-corrected chi connectivity index (χ3v) is 3.74. The molecule has 1 aliphatic rings. The number of aryl methyl sites for hydroxylation is 1. The molecule has 2 atom stereocenters. The average Bonchev–Trinajstić information content (AvgIpc) is 2.39. The van der Waals surface area contributed by atoms with Crippen LogP contribution in [0.4, 0.5) is 0 Å². The summed E-state index contributed by atoms with van der Waals surface area (Å²) in [5.74, 6) is 0. The Morgan fingerprint density at radius 2 is 2.22 bits per heavy atom. The van der Waals surface area contributed by atoms with Crippen molar-refractivity contribution in [1.29, 1.82) is 0 Å². The molecular formula is C16H25NO. The van der Waals surface area contributed by atoms with E-state index in [1.807, 2.05) is 0 Å². The lowest BCUT2D eigenvalue weighted by Gasteiger charge is -2.26. The third kappa shape index (κ3) is 3.56. The maximum atomic E-state index is 6.09. The highest BCUT2D eigenvalue weighted by Crippen LogP contribution is 2.32. The predicted octanol–water partition coefficient (Wildman–Crippen LogP) is 3.47. The summed E-state index contributed by atoms with van der Waals surface area (Å²) in [6.45, 7) is 6.26. The molecule has 0 aromatic heterocycles. The maximum absolute atomic E-state index is 6.09. The smallest absolute Gasteiger partial charge is 0.0827 e. The number of ether oxygens (including phenoxy) is 1. The Morgan fingerprint density at radius 3 is 3.06 bits per heavy atom. The molecule has 0 amide bonds. The van der Waals surface area contributed by atoms with Crippen molar-refractivity contribution in [2.24, 2.45) is 0 Å². The molecule has 0 spiro atoms. The van der Waals surface area contributed by atoms with Gasteiger partial charge in [0.15, 0.2) is 0 Å². The van der Waals surface area contributed by atoms with Crippen molar-refractivity contribution in [1.82, 2.24) is 5.32 Å². The fraction of sp³-hybridized carbons (Fsp3) is 0.625. The van der Waals surface area contributed by atoms with Gasteiger partial charge in [-0.3, -0.25) is 0 Å². The molecule has 0 saturated carbocycles. The van der Waals surface area contributed by atoms with Gasteiger partial charge in [0.2, 0.25) is 0 Å². The van der Waals surface area contributed by atoms with Crippen LogP contribution >= 0.6 is 0 Å². The van der Waals surface area contributed by atoms with Gasteiger partial charge in [0, 0.05) is 12.6 Å². The molecule has 2 heteroatoms. The molecular weight excluding hydrogens is 222 g/mol. The first-order valence-electron chi connectivity index (χ1n) is 7.24. The van der Waals surface area contributed by atoms with Gasteiger partial charge in [-0.05, 0) is 50.3 Å². The number of nitrogens with one attached hydrogen (secondary N) is 1. The van der Waals surface area contributed by atoms with E-state index in [-0.39, 0.29) is 0 Å². The molecule has 0 radical (unpaired) electrons. The van der Waals surface area contributed by atoms with Crippen LogP contribution in [0.5, 0.6) is 0 Å². The van der Waals surface area contributed by atoms with Crippen LogP contribution in [0.1, 0.15) is 50.3 Å². The van der Waals surface area contributed by atoms with Crippen LogP contribution in [0, 0.1) is 0 Å². The Bertz CT molecular complexity index is 364. The van der Waals surface area contributed by atoms with E-state index in [2.05, 4.69) is 43.4 Å². The summed E-state index contributed by atoms with van der Waals surface area (Å²) in [5, 5.41) is 3.42. The number of rotatable bonds is 6. The monoisotopic (exact) mass is 247 g/mol. The molecule has 0 aliphatic heterocycles. The van der Waals surface area contributed by atoms with Crippen LogP contribution in [-0.2, 0) is 11.2 Å². The molecule has 1 N–H and O–H groups in total. The van der Waals surface area contributed by atoms with Gasteiger partial charge in [0.05, 0.1) is 6.10 Å². The lowest BCUT2D eigenvalue weighted by Crippen LogP contribution is -2.27. The molecule has 2 nitrogen and oxygen atoms in total. The average molecular weight is 247 g/mol. The molecule has 18 heavy (non-hydrogen) atoms. The first kappa shape index (κ1) is 13.6. The lowest BCUT2D eigenvalue weighted by molar-refractivity contribution is 0.0359. The van der Waals surface area contributed by atoms with E-state index >= 15 is 0 Å². The van der Waals surface area contributed by atoms with Crippen molar-refractivity contribution in [3.63, 3.8) is 0 Å². The summed E-state index contributed by atoms with van der Waals surface area (Å²) < 4.78 is 6.09. The zero-order chi connectivity index (χ0) is 12.8. The van der Waals surface area contributed by atoms with E-state index in [0.717, 1.165) is 19.6 Å². The van der Waals surface area contributed by atoms with Crippen LogP contribution < -0.4 is 5.32 Å². The fourth-order valence-corrected chi connectivity index (χ4v) is 2.72. The quantitative estimate of drug-likeness (QED) is 0.831. The van der Waals surface area contributed by atoms with Gasteiger partial charge in [-0.1, -0.05) is 31.2 Å². The van der Waals surface area contributed by atoms with Crippen molar-refractivity contribution in [3.05, 3.63) is 35.4 Å². The second kappa shape index (κ2) is 6.91. The Kier molecular flexibility index (Phi) is 5.21. The van der Waals surface area contributed by atoms with Crippen molar-refractivity contribution in [3.8, 4) is 0 Å². The first-order valence-corrected chi connectivity index (χ1v) is 7.24. The van der Waals surface area contributed by atoms with Gasteiger partial charge in [-0.25, -0.2) is 0 Å². The minimum absolute atomic E-state index is 0.323. The fourth-order valence-electron chi connectivity index (χ4n) is 2.72. The highest BCUT2D eigenvalue weighted by atomic mass is 16.5. The minimum atomic E-state index is 0.323. The van der Waals surface area contributed by atoms with Gasteiger partial charge in [-0.2, -0.15) is 0 Å². The van der Waals surface area contributed by atoms with Gasteiger partial charge in [0.1, 0.15) is 0 Å². The van der Waals surface area contributed by atoms with E-state index in [4.69, 9.17) is 4.74 Å². The van der Waals surface area contributed by atoms with Crippen molar-refractivity contribution >= 4 is 0 Å². The second-order valence-electron chi connectivity index (χ2n) is 5.20. The molecule has 0 heterocycles. The van der Waals surface area contributed by atoms with Crippen LogP contribution in [0.3, 0.4) is 0 Å². The Hall–Kier alpha value is -0.860. The number of fused-ring (bicyclic) bond motifs is 1. The Morgan fingerprint density at radius 1 is 1.39 bits per heavy atom. The maximum Gasteiger partial charge on any atom is 0.0827 e. The van der Waals surface area contributed by atoms with Crippen LogP contribution in [0.15, 0.2) is 24.3 Å². The lowest BCUT2D eigenvalue weighted by atomic mass is 9.89. The zero-order valence-electron chi connectivity index (χ0n) is 11.6. The number of benzene rings is 1. The SMILES string of the molecule is CCNC(C)CCOC1CCCc2ccccc21. The van der Waals surface area contributed by atoms with Crippen LogP contribution in [0.25, 0.3) is 0 Å². The van der Waals surface area contributed by atoms with E-state index < -0.39 is 0 Å². The molecule has 2 unspecified atom stereocenters. The van der Waals surface area contributed by atoms with Gasteiger partial charge in [0.25, 0.3) is 0 Å². The van der Waals surface area contributed by atoms with E-state index in [0.29, 0.717) is 12.1 Å². The van der Waals surface area contributed by atoms with Crippen molar-refractivity contribution in [2.75, 3.05) is 13.2 Å². The number of hydrogen-bond donors (Lipinski definition) is 1. The van der Waals surface area contributed by atoms with Crippen molar-refractivity contribution < 1.29 is 4.74 Å². The minimum Gasteiger partial charge on any atom is -0.373 e. The van der Waals surface area contributed by atoms with E-state index in [1.54, 1.807) is 0 Å². The predicted molar refractivity (Wildman–Crippen MR) is 75.8 cm³/mol. The van der Waals surface area contributed by atoms with E-state index in [1.165, 1.54) is 30.4 Å². The Balaban J connectivity index is 1.84. The highest BCUT2D eigenvalue weighted by Gasteiger charge is 2.20. The standard InChI is InChI=1S/C16H25NO/c1-3-17-13(2)11-12-18-16-10-6-8-14-7-4-5-9-15(14)16/h4-5,7,9,13,16-17H,3,6,8,10-12H2,1-2H3. The van der Waals surface area contributed by atoms with Crippen LogP contribution in [0.2, 0.25) is 0 Å². The molecule has 1 aromatic rings. The van der Waals surface area contributed by atoms with Gasteiger partial charge in [-0.15, -0.1) is 0 Å². The third-order valence-electron chi connectivity index (χ3n) is 3.74. The Labute approximate surface area is 111 Å². The zero-order valence-corrected chi connectivity index (χ0v) is 11.6. The second-order valence-corrected chi connectivity index (χ2v) is 5.20. The van der Waals surface area contributed by atoms with Crippen molar-refractivity contribution in [2.45, 2.75) is 51.7 Å². The van der Waals surface area contributed by atoms with Gasteiger partial charge < -0.3 is 10.1 Å². The summed E-state index contributed by atoms with van der Waals surface area (Å²) in [6, 6.07) is 9.28. The topological polar surface area (TPSA) is 21.3 Å².